The lowest BCUT2D eigenvalue weighted by Gasteiger charge is -2.18. The Bertz CT molecular complexity index is 151. The summed E-state index contributed by atoms with van der Waals surface area (Å²) >= 11 is 0. The van der Waals surface area contributed by atoms with Crippen LogP contribution in [0.15, 0.2) is 0 Å². The molecule has 1 saturated heterocycles. The molecular formula is C9H14O. The summed E-state index contributed by atoms with van der Waals surface area (Å²) in [7, 11) is 0. The van der Waals surface area contributed by atoms with Gasteiger partial charge in [-0.05, 0) is 37.0 Å². The summed E-state index contributed by atoms with van der Waals surface area (Å²) in [4.78, 5) is 0. The molecule has 2 saturated carbocycles. The molecule has 4 atom stereocenters. The predicted molar refractivity (Wildman–Crippen MR) is 38.7 cm³/mol. The molecule has 3 fully saturated rings. The van der Waals surface area contributed by atoms with E-state index in [1.165, 1.54) is 25.7 Å². The maximum absolute atomic E-state index is 5.35. The van der Waals surface area contributed by atoms with Crippen LogP contribution in [-0.4, -0.2) is 12.7 Å². The van der Waals surface area contributed by atoms with E-state index in [-0.39, 0.29) is 0 Å². The number of ether oxygens (including phenoxy) is 1. The van der Waals surface area contributed by atoms with E-state index in [1.54, 1.807) is 0 Å². The summed E-state index contributed by atoms with van der Waals surface area (Å²) in [6.07, 6.45) is 6.76. The number of hydrogen-bond acceptors (Lipinski definition) is 1. The summed E-state index contributed by atoms with van der Waals surface area (Å²) in [5.74, 6) is 3.15. The molecule has 0 amide bonds. The molecule has 2 aliphatic carbocycles. The largest absolute Gasteiger partial charge is 0.373 e. The highest BCUT2D eigenvalue weighted by atomic mass is 16.6. The zero-order valence-electron chi connectivity index (χ0n) is 6.25. The minimum atomic E-state index is 0.704. The lowest BCUT2D eigenvalue weighted by atomic mass is 9.87. The van der Waals surface area contributed by atoms with E-state index < -0.39 is 0 Å². The third-order valence-corrected chi connectivity index (χ3v) is 3.63. The van der Waals surface area contributed by atoms with Gasteiger partial charge in [-0.25, -0.2) is 0 Å². The monoisotopic (exact) mass is 138 g/mol. The fourth-order valence-electron chi connectivity index (χ4n) is 3.05. The molecule has 0 aromatic heterocycles. The van der Waals surface area contributed by atoms with Gasteiger partial charge in [-0.1, -0.05) is 6.42 Å². The van der Waals surface area contributed by atoms with Crippen LogP contribution >= 0.6 is 0 Å². The van der Waals surface area contributed by atoms with Crippen molar-refractivity contribution in [3.05, 3.63) is 0 Å². The van der Waals surface area contributed by atoms with E-state index in [4.69, 9.17) is 4.74 Å². The Morgan fingerprint density at radius 1 is 1.10 bits per heavy atom. The van der Waals surface area contributed by atoms with E-state index in [9.17, 15) is 0 Å². The second-order valence-corrected chi connectivity index (χ2v) is 4.21. The van der Waals surface area contributed by atoms with E-state index in [2.05, 4.69) is 0 Å². The molecule has 3 rings (SSSR count). The number of hydrogen-bond donors (Lipinski definition) is 0. The van der Waals surface area contributed by atoms with E-state index in [0.29, 0.717) is 6.10 Å². The van der Waals surface area contributed by atoms with Crippen LogP contribution < -0.4 is 0 Å². The van der Waals surface area contributed by atoms with Crippen LogP contribution in [0.3, 0.4) is 0 Å². The highest BCUT2D eigenvalue weighted by Crippen LogP contribution is 2.51. The normalized spacial score (nSPS) is 57.6. The van der Waals surface area contributed by atoms with Gasteiger partial charge in [0, 0.05) is 0 Å². The van der Waals surface area contributed by atoms with Crippen LogP contribution in [0.2, 0.25) is 0 Å². The van der Waals surface area contributed by atoms with Crippen LogP contribution in [0, 0.1) is 17.8 Å². The van der Waals surface area contributed by atoms with Gasteiger partial charge in [-0.15, -0.1) is 0 Å². The van der Waals surface area contributed by atoms with Gasteiger partial charge in [0.25, 0.3) is 0 Å². The molecule has 0 unspecified atom stereocenters. The van der Waals surface area contributed by atoms with Crippen LogP contribution in [0.25, 0.3) is 0 Å². The fourth-order valence-corrected chi connectivity index (χ4v) is 3.05. The molecule has 0 spiro atoms. The van der Waals surface area contributed by atoms with Crippen LogP contribution in [0.5, 0.6) is 0 Å². The van der Waals surface area contributed by atoms with Crippen molar-refractivity contribution in [2.45, 2.75) is 31.8 Å². The molecule has 3 aliphatic rings. The van der Waals surface area contributed by atoms with Gasteiger partial charge in [0.1, 0.15) is 0 Å². The molecule has 2 bridgehead atoms. The van der Waals surface area contributed by atoms with Gasteiger partial charge in [-0.3, -0.25) is 0 Å². The van der Waals surface area contributed by atoms with Gasteiger partial charge in [0.2, 0.25) is 0 Å². The first kappa shape index (κ1) is 5.59. The maximum Gasteiger partial charge on any atom is 0.0840 e. The SMILES string of the molecule is C1C[C@@H]2C[C@H]1C[C@@H]2[C@@H]1CO1. The van der Waals surface area contributed by atoms with Gasteiger partial charge in [-0.2, -0.15) is 0 Å². The topological polar surface area (TPSA) is 12.5 Å². The standard InChI is InChI=1S/C9H14O/c1-2-7-3-6(1)4-8(7)9-5-10-9/h6-9H,1-5H2/t6-,7+,8-,9-/m0/s1. The second-order valence-electron chi connectivity index (χ2n) is 4.21. The van der Waals surface area contributed by atoms with Crippen molar-refractivity contribution < 1.29 is 4.74 Å². The molecule has 1 aliphatic heterocycles. The van der Waals surface area contributed by atoms with Crippen molar-refractivity contribution in [1.82, 2.24) is 0 Å². The van der Waals surface area contributed by atoms with Crippen molar-refractivity contribution >= 4 is 0 Å². The Balaban J connectivity index is 1.77. The highest BCUT2D eigenvalue weighted by Gasteiger charge is 2.47. The number of epoxide rings is 1. The Hall–Kier alpha value is -0.0400. The molecule has 1 heteroatoms. The van der Waals surface area contributed by atoms with E-state index in [1.807, 2.05) is 0 Å². The highest BCUT2D eigenvalue weighted by molar-refractivity contribution is 4.96. The zero-order chi connectivity index (χ0) is 6.55. The van der Waals surface area contributed by atoms with E-state index >= 15 is 0 Å². The first-order valence-electron chi connectivity index (χ1n) is 4.55. The Kier molecular flexibility index (Phi) is 0.984. The Morgan fingerprint density at radius 3 is 2.50 bits per heavy atom. The van der Waals surface area contributed by atoms with Gasteiger partial charge < -0.3 is 4.74 Å². The second kappa shape index (κ2) is 1.76. The average Bonchev–Trinajstić information content (AvgIpc) is 2.60. The van der Waals surface area contributed by atoms with Gasteiger partial charge in [0.05, 0.1) is 12.7 Å². The lowest BCUT2D eigenvalue weighted by Crippen LogP contribution is -2.15. The van der Waals surface area contributed by atoms with Crippen molar-refractivity contribution in [2.24, 2.45) is 17.8 Å². The Labute approximate surface area is 61.8 Å². The summed E-state index contributed by atoms with van der Waals surface area (Å²) in [5.41, 5.74) is 0. The van der Waals surface area contributed by atoms with Crippen molar-refractivity contribution in [1.29, 1.82) is 0 Å². The summed E-state index contributed by atoms with van der Waals surface area (Å²) in [6, 6.07) is 0. The molecule has 0 aromatic carbocycles. The summed E-state index contributed by atoms with van der Waals surface area (Å²) in [6.45, 7) is 1.08. The van der Waals surface area contributed by atoms with Crippen molar-refractivity contribution in [3.8, 4) is 0 Å². The van der Waals surface area contributed by atoms with Crippen molar-refractivity contribution in [2.75, 3.05) is 6.61 Å². The minimum Gasteiger partial charge on any atom is -0.373 e. The molecule has 0 radical (unpaired) electrons. The van der Waals surface area contributed by atoms with E-state index in [0.717, 1.165) is 24.4 Å². The van der Waals surface area contributed by atoms with Gasteiger partial charge >= 0.3 is 0 Å². The van der Waals surface area contributed by atoms with Crippen LogP contribution in [0.1, 0.15) is 25.7 Å². The third-order valence-electron chi connectivity index (χ3n) is 3.63. The molecule has 0 aromatic rings. The number of rotatable bonds is 1. The quantitative estimate of drug-likeness (QED) is 0.503. The maximum atomic E-state index is 5.35. The predicted octanol–water partition coefficient (Wildman–Crippen LogP) is 1.82. The fraction of sp³-hybridized carbons (Fsp3) is 1.00. The Morgan fingerprint density at radius 2 is 2.00 bits per heavy atom. The van der Waals surface area contributed by atoms with Crippen LogP contribution in [-0.2, 0) is 4.74 Å². The molecular weight excluding hydrogens is 124 g/mol. The first-order valence-corrected chi connectivity index (χ1v) is 4.55. The van der Waals surface area contributed by atoms with Crippen molar-refractivity contribution in [3.63, 3.8) is 0 Å². The minimum absolute atomic E-state index is 0.704. The lowest BCUT2D eigenvalue weighted by molar-refractivity contribution is 0.249. The van der Waals surface area contributed by atoms with Gasteiger partial charge in [0.15, 0.2) is 0 Å². The molecule has 0 N–H and O–H groups in total. The molecule has 56 valence electrons. The average molecular weight is 138 g/mol. The molecule has 10 heavy (non-hydrogen) atoms. The smallest absolute Gasteiger partial charge is 0.0840 e. The molecule has 1 heterocycles. The zero-order valence-corrected chi connectivity index (χ0v) is 6.25. The summed E-state index contributed by atoms with van der Waals surface area (Å²) in [5, 5.41) is 0. The van der Waals surface area contributed by atoms with Crippen LogP contribution in [0.4, 0.5) is 0 Å². The summed E-state index contributed by atoms with van der Waals surface area (Å²) < 4.78 is 5.35. The third kappa shape index (κ3) is 0.672. The molecule has 1 nitrogen and oxygen atoms in total. The number of fused-ring (bicyclic) bond motifs is 2. The first-order chi connectivity index (χ1) is 4.93.